The van der Waals surface area contributed by atoms with E-state index in [1.807, 2.05) is 64.7 Å². The molecule has 0 bridgehead atoms. The molecule has 3 saturated heterocycles. The lowest BCUT2D eigenvalue weighted by Gasteiger charge is -2.49. The number of nitrogens with zero attached hydrogens (tertiary/aromatic N) is 3. The highest BCUT2D eigenvalue weighted by Crippen LogP contribution is 2.41. The van der Waals surface area contributed by atoms with E-state index in [-0.39, 0.29) is 55.9 Å². The number of hydrogen-bond donors (Lipinski definition) is 6. The molecular weight excluding hydrogens is 1020 g/mol. The molecule has 0 unspecified atom stereocenters. The first-order chi connectivity index (χ1) is 36.8. The van der Waals surface area contributed by atoms with Gasteiger partial charge in [-0.2, -0.15) is 0 Å². The highest BCUT2D eigenvalue weighted by Gasteiger charge is 2.54. The second-order valence-corrected chi connectivity index (χ2v) is 24.7. The van der Waals surface area contributed by atoms with E-state index in [4.69, 9.17) is 37.9 Å². The number of rotatable bonds is 16. The molecule has 0 radical (unpaired) electrons. The maximum Gasteiger partial charge on any atom is 0.341 e. The molecule has 6 rings (SSSR count). The number of carboxylic acids is 1. The number of nitrogens with one attached hydrogen (secondary N) is 1. The molecule has 79 heavy (non-hydrogen) atoms. The zero-order valence-electron chi connectivity index (χ0n) is 49.6. The van der Waals surface area contributed by atoms with Gasteiger partial charge in [-0.1, -0.05) is 26.8 Å². The average Bonchev–Trinajstić information content (AvgIpc) is 3.42. The van der Waals surface area contributed by atoms with Crippen molar-refractivity contribution in [3.63, 3.8) is 0 Å². The molecule has 5 heterocycles. The molecule has 2 aromatic rings. The van der Waals surface area contributed by atoms with Gasteiger partial charge in [0.05, 0.1) is 54.5 Å². The number of esters is 2. The Balaban J connectivity index is 1.18. The van der Waals surface area contributed by atoms with Crippen molar-refractivity contribution in [3.05, 3.63) is 45.2 Å². The van der Waals surface area contributed by atoms with Crippen LogP contribution in [0.25, 0.3) is 10.9 Å². The predicted molar refractivity (Wildman–Crippen MR) is 293 cm³/mol. The van der Waals surface area contributed by atoms with Gasteiger partial charge < -0.3 is 83.1 Å². The molecule has 0 aliphatic carbocycles. The molecule has 0 spiro atoms. The van der Waals surface area contributed by atoms with Crippen LogP contribution < -0.4 is 10.7 Å². The van der Waals surface area contributed by atoms with Gasteiger partial charge in [-0.25, -0.2) is 4.79 Å². The van der Waals surface area contributed by atoms with E-state index >= 15 is 0 Å². The molecule has 4 aliphatic heterocycles. The van der Waals surface area contributed by atoms with Gasteiger partial charge in [-0.15, -0.1) is 0 Å². The van der Waals surface area contributed by atoms with Crippen LogP contribution in [0.3, 0.4) is 0 Å². The number of aromatic nitrogens is 1. The summed E-state index contributed by atoms with van der Waals surface area (Å²) in [5.74, 6) is -4.68. The number of carbonyl (C=O) groups excluding carboxylic acids is 2. The number of benzene rings is 1. The van der Waals surface area contributed by atoms with Crippen molar-refractivity contribution in [3.8, 4) is 0 Å². The lowest BCUT2D eigenvalue weighted by molar-refractivity contribution is -0.318. The Morgan fingerprint density at radius 2 is 1.62 bits per heavy atom. The molecule has 1 aromatic carbocycles. The Morgan fingerprint density at radius 1 is 0.937 bits per heavy atom. The maximum absolute atomic E-state index is 14.6. The number of pyridine rings is 1. The monoisotopic (exact) mass is 1120 g/mol. The van der Waals surface area contributed by atoms with Crippen LogP contribution in [0.15, 0.2) is 23.1 Å². The first kappa shape index (κ1) is 64.5. The third-order valence-electron chi connectivity index (χ3n) is 17.4. The fourth-order valence-corrected chi connectivity index (χ4v) is 12.6. The fourth-order valence-electron chi connectivity index (χ4n) is 12.6. The Bertz CT molecular complexity index is 2480. The number of aliphatic hydroxyl groups is 4. The molecule has 6 N–H and O–H groups in total. The third-order valence-corrected chi connectivity index (χ3v) is 17.4. The normalized spacial score (nSPS) is 38.0. The van der Waals surface area contributed by atoms with Crippen LogP contribution in [0, 0.1) is 17.8 Å². The van der Waals surface area contributed by atoms with Gasteiger partial charge in [-0.05, 0) is 140 Å². The largest absolute Gasteiger partial charge is 0.477 e. The van der Waals surface area contributed by atoms with Crippen molar-refractivity contribution in [1.29, 1.82) is 0 Å². The summed E-state index contributed by atoms with van der Waals surface area (Å²) < 4.78 is 52.7. The van der Waals surface area contributed by atoms with Gasteiger partial charge in [-0.3, -0.25) is 14.4 Å². The highest BCUT2D eigenvalue weighted by atomic mass is 16.7. The molecule has 3 fully saturated rings. The van der Waals surface area contributed by atoms with Crippen LogP contribution in [-0.2, 0) is 66.2 Å². The van der Waals surface area contributed by atoms with Gasteiger partial charge in [0.25, 0.3) is 0 Å². The number of aromatic carboxylic acids is 1. The average molecular weight is 1120 g/mol. The summed E-state index contributed by atoms with van der Waals surface area (Å²) in [7, 11) is 7.08. The zero-order valence-corrected chi connectivity index (χ0v) is 49.6. The van der Waals surface area contributed by atoms with E-state index in [1.165, 1.54) is 20.2 Å². The van der Waals surface area contributed by atoms with Crippen molar-refractivity contribution < 1.29 is 77.8 Å². The van der Waals surface area contributed by atoms with Crippen LogP contribution in [0.1, 0.15) is 143 Å². The summed E-state index contributed by atoms with van der Waals surface area (Å²) in [5.41, 5.74) is -4.04. The lowest BCUT2D eigenvalue weighted by atomic mass is 9.77. The third kappa shape index (κ3) is 14.4. The van der Waals surface area contributed by atoms with Crippen LogP contribution >= 0.6 is 0 Å². The molecule has 4 aliphatic rings. The number of hydrogen-bond acceptors (Lipinski definition) is 19. The fraction of sp³-hybridized carbons (Fsp3) is 0.793. The van der Waals surface area contributed by atoms with Crippen LogP contribution in [0.4, 0.5) is 0 Å². The molecule has 1 aromatic heterocycles. The first-order valence-corrected chi connectivity index (χ1v) is 28.3. The molecule has 18 atom stereocenters. The molecule has 0 amide bonds. The summed E-state index contributed by atoms with van der Waals surface area (Å²) in [6.07, 6.45) is -6.51. The lowest BCUT2D eigenvalue weighted by Crippen LogP contribution is -2.61. The maximum atomic E-state index is 14.6. The van der Waals surface area contributed by atoms with E-state index < -0.39 is 119 Å². The van der Waals surface area contributed by atoms with Crippen LogP contribution in [0.5, 0.6) is 0 Å². The Labute approximate surface area is 466 Å². The van der Waals surface area contributed by atoms with Crippen molar-refractivity contribution in [2.75, 3.05) is 47.9 Å². The topological polar surface area (TPSA) is 267 Å². The number of aryl methyl sites for hydroxylation is 1. The van der Waals surface area contributed by atoms with Gasteiger partial charge >= 0.3 is 17.9 Å². The van der Waals surface area contributed by atoms with Gasteiger partial charge in [0, 0.05) is 61.8 Å². The summed E-state index contributed by atoms with van der Waals surface area (Å²) in [5, 5.41) is 61.6. The molecule has 448 valence electrons. The quantitative estimate of drug-likeness (QED) is 0.101. The molecule has 0 saturated carbocycles. The van der Waals surface area contributed by atoms with Crippen molar-refractivity contribution in [1.82, 2.24) is 19.7 Å². The van der Waals surface area contributed by atoms with Crippen LogP contribution in [-0.4, -0.2) is 196 Å². The molecule has 21 nitrogen and oxygen atoms in total. The van der Waals surface area contributed by atoms with E-state index in [1.54, 1.807) is 59.1 Å². The van der Waals surface area contributed by atoms with E-state index in [0.29, 0.717) is 49.8 Å². The number of aliphatic hydroxyl groups excluding tert-OH is 2. The number of cyclic esters (lactones) is 1. The number of carbonyl (C=O) groups is 3. The minimum atomic E-state index is -1.87. The predicted octanol–water partition coefficient (Wildman–Crippen LogP) is 4.30. The van der Waals surface area contributed by atoms with E-state index in [0.717, 1.165) is 11.1 Å². The summed E-state index contributed by atoms with van der Waals surface area (Å²) >= 11 is 0. The first-order valence-electron chi connectivity index (χ1n) is 28.3. The highest BCUT2D eigenvalue weighted by molar-refractivity contribution is 5.94. The van der Waals surface area contributed by atoms with Crippen molar-refractivity contribution >= 4 is 28.8 Å². The number of ether oxygens (including phenoxy) is 8. The second kappa shape index (κ2) is 25.9. The Kier molecular flexibility index (Phi) is 21.1. The van der Waals surface area contributed by atoms with Gasteiger partial charge in [0.1, 0.15) is 40.8 Å². The standard InChI is InChI=1S/C58H94N4O17/c1-17-42-58(12,71)49(66)35(6)61(15)28-31(2)26-56(10,70)50(79-54-47(65)41(60(13)14)23-32(3)74-54)33(4)48(34(5)53(69)76-42)78-44-27-57(11,72-16)51(36(7)75-44)77-43(63)20-22-59-21-18-19-37-24-38-30-73-55(8,9)62-29-40(52(67)68)46(64)39(25-37)45(38)62/h24-25,29,31-36,41-42,44,47-51,54,59,65-66,70-71H,17-23,26-28,30H2,1-16H3,(H,67,68)/t31-,32-,33+,34-,35-,36+,41+,42-,44+,47-,48+,49-,50-,51+,54+,56-,57-,58-/m1/s1. The minimum Gasteiger partial charge on any atom is -0.477 e. The van der Waals surface area contributed by atoms with Crippen molar-refractivity contribution in [2.45, 2.75) is 231 Å². The number of likely N-dealkylation sites (N-methyl/N-ethyl adjacent to an activating group) is 2. The van der Waals surface area contributed by atoms with E-state index in [9.17, 15) is 44.7 Å². The molecule has 21 heteroatoms. The van der Waals surface area contributed by atoms with Gasteiger partial charge in [0.2, 0.25) is 5.43 Å². The summed E-state index contributed by atoms with van der Waals surface area (Å²) in [6.45, 7) is 22.7. The Morgan fingerprint density at radius 3 is 2.25 bits per heavy atom. The smallest absolute Gasteiger partial charge is 0.341 e. The summed E-state index contributed by atoms with van der Waals surface area (Å²) in [6, 6.07) is 2.83. The Hall–Kier alpha value is -3.68. The van der Waals surface area contributed by atoms with Crippen molar-refractivity contribution in [2.24, 2.45) is 17.8 Å². The SMILES string of the molecule is CC[C@H]1OC(=O)[C@H](C)[C@@H](O[C@H]2C[C@@](C)(OC)[C@@H](OC(=O)CCNCCCc3cc4c5c(c3)c(=O)c(C(=O)O)cn5C(C)(C)OC4)[C@H](C)O2)[C@H](C)[C@@H](O[C@@H]2O[C@H](C)C[C@H](N(C)C)[C@H]2O)[C@](C)(O)C[C@@H](C)CN(C)[C@H](C)[C@@H](O)[C@]1(C)O. The second-order valence-electron chi connectivity index (χ2n) is 24.7. The number of carboxylic acid groups (broad SMARTS) is 1. The van der Waals surface area contributed by atoms with Gasteiger partial charge in [0.15, 0.2) is 18.7 Å². The minimum absolute atomic E-state index is 0.0260. The zero-order chi connectivity index (χ0) is 58.9. The molecular formula is C58H94N4O17. The van der Waals surface area contributed by atoms with Crippen LogP contribution in [0.2, 0.25) is 0 Å². The summed E-state index contributed by atoms with van der Waals surface area (Å²) in [4.78, 5) is 57.3. The van der Waals surface area contributed by atoms with E-state index in [2.05, 4.69) is 5.32 Å². The number of methoxy groups -OCH3 is 1.